The Morgan fingerprint density at radius 1 is 1.45 bits per heavy atom. The lowest BCUT2D eigenvalue weighted by molar-refractivity contribution is 0.301. The molecule has 1 aromatic carbocycles. The van der Waals surface area contributed by atoms with Crippen molar-refractivity contribution in [2.45, 2.75) is 20.1 Å². The second-order valence-electron chi connectivity index (χ2n) is 4.55. The third-order valence-corrected chi connectivity index (χ3v) is 3.50. The molecule has 0 unspecified atom stereocenters. The van der Waals surface area contributed by atoms with Crippen molar-refractivity contribution in [1.82, 2.24) is 15.1 Å². The molecule has 0 bridgehead atoms. The van der Waals surface area contributed by atoms with Crippen molar-refractivity contribution in [1.29, 1.82) is 0 Å². The summed E-state index contributed by atoms with van der Waals surface area (Å²) in [5, 5.41) is 7.77. The molecule has 0 aliphatic carbocycles. The van der Waals surface area contributed by atoms with Gasteiger partial charge in [-0.15, -0.1) is 0 Å². The van der Waals surface area contributed by atoms with Crippen LogP contribution in [0, 0.1) is 12.7 Å². The first-order valence-electron chi connectivity index (χ1n) is 6.26. The summed E-state index contributed by atoms with van der Waals surface area (Å²) in [4.78, 5) is 0. The minimum atomic E-state index is -0.279. The maximum Gasteiger partial charge on any atom is 0.133 e. The van der Waals surface area contributed by atoms with Crippen molar-refractivity contribution in [3.8, 4) is 5.75 Å². The van der Waals surface area contributed by atoms with E-state index in [1.807, 2.05) is 6.92 Å². The molecule has 0 amide bonds. The van der Waals surface area contributed by atoms with E-state index in [0.717, 1.165) is 16.8 Å². The third-order valence-electron chi connectivity index (χ3n) is 3.03. The summed E-state index contributed by atoms with van der Waals surface area (Å²) in [7, 11) is 3.58. The Labute approximate surface area is 122 Å². The standard InChI is InChI=1S/C14H17ClFN3O/c1-9-12(14(15)19(3)18-9)8-20-13-5-4-11(16)6-10(13)7-17-2/h4-6,17H,7-8H2,1-3H3. The van der Waals surface area contributed by atoms with E-state index < -0.39 is 0 Å². The Morgan fingerprint density at radius 3 is 2.80 bits per heavy atom. The average molecular weight is 298 g/mol. The first kappa shape index (κ1) is 14.8. The van der Waals surface area contributed by atoms with Crippen molar-refractivity contribution < 1.29 is 9.13 Å². The summed E-state index contributed by atoms with van der Waals surface area (Å²) >= 11 is 6.15. The van der Waals surface area contributed by atoms with Gasteiger partial charge < -0.3 is 10.1 Å². The minimum Gasteiger partial charge on any atom is -0.488 e. The summed E-state index contributed by atoms with van der Waals surface area (Å²) < 4.78 is 20.6. The maximum atomic E-state index is 13.2. The van der Waals surface area contributed by atoms with Gasteiger partial charge in [-0.05, 0) is 32.2 Å². The van der Waals surface area contributed by atoms with E-state index in [0.29, 0.717) is 24.1 Å². The number of hydrogen-bond donors (Lipinski definition) is 1. The molecule has 1 heterocycles. The van der Waals surface area contributed by atoms with E-state index >= 15 is 0 Å². The largest absolute Gasteiger partial charge is 0.488 e. The number of ether oxygens (including phenoxy) is 1. The van der Waals surface area contributed by atoms with Crippen LogP contribution in [0.3, 0.4) is 0 Å². The number of hydrogen-bond acceptors (Lipinski definition) is 3. The van der Waals surface area contributed by atoms with Crippen molar-refractivity contribution in [2.24, 2.45) is 7.05 Å². The highest BCUT2D eigenvalue weighted by atomic mass is 35.5. The van der Waals surface area contributed by atoms with Crippen LogP contribution in [0.1, 0.15) is 16.8 Å². The van der Waals surface area contributed by atoms with Gasteiger partial charge in [0.1, 0.15) is 23.3 Å². The van der Waals surface area contributed by atoms with Gasteiger partial charge in [0.2, 0.25) is 0 Å². The van der Waals surface area contributed by atoms with Gasteiger partial charge in [-0.2, -0.15) is 5.10 Å². The molecule has 0 aliphatic rings. The number of nitrogens with one attached hydrogen (secondary N) is 1. The second kappa shape index (κ2) is 6.24. The zero-order chi connectivity index (χ0) is 14.7. The van der Waals surface area contributed by atoms with Gasteiger partial charge in [0.05, 0.1) is 5.69 Å². The molecule has 0 saturated heterocycles. The molecule has 1 N–H and O–H groups in total. The summed E-state index contributed by atoms with van der Waals surface area (Å²) in [5.74, 6) is 0.360. The predicted octanol–water partition coefficient (Wildman–Crippen LogP) is 2.82. The second-order valence-corrected chi connectivity index (χ2v) is 4.91. The number of rotatable bonds is 5. The smallest absolute Gasteiger partial charge is 0.133 e. The summed E-state index contributed by atoms with van der Waals surface area (Å²) in [5.41, 5.74) is 2.44. The molecule has 1 aromatic heterocycles. The fraction of sp³-hybridized carbons (Fsp3) is 0.357. The van der Waals surface area contributed by atoms with Crippen molar-refractivity contribution in [3.05, 3.63) is 46.0 Å². The fourth-order valence-corrected chi connectivity index (χ4v) is 2.23. The Bertz CT molecular complexity index is 613. The number of benzene rings is 1. The average Bonchev–Trinajstić information content (AvgIpc) is 2.64. The van der Waals surface area contributed by atoms with Crippen molar-refractivity contribution >= 4 is 11.6 Å². The summed E-state index contributed by atoms with van der Waals surface area (Å²) in [6.45, 7) is 2.72. The lowest BCUT2D eigenvalue weighted by atomic mass is 10.2. The van der Waals surface area contributed by atoms with Crippen LogP contribution in [0.4, 0.5) is 4.39 Å². The van der Waals surface area contributed by atoms with Crippen LogP contribution in [0.5, 0.6) is 5.75 Å². The Morgan fingerprint density at radius 2 is 2.20 bits per heavy atom. The van der Waals surface area contributed by atoms with Gasteiger partial charge in [0.25, 0.3) is 0 Å². The van der Waals surface area contributed by atoms with Gasteiger partial charge in [-0.25, -0.2) is 4.39 Å². The molecule has 0 fully saturated rings. The monoisotopic (exact) mass is 297 g/mol. The van der Waals surface area contributed by atoms with Crippen LogP contribution in [-0.2, 0) is 20.2 Å². The van der Waals surface area contributed by atoms with Gasteiger partial charge in [-0.3, -0.25) is 4.68 Å². The number of halogens is 2. The van der Waals surface area contributed by atoms with Crippen LogP contribution in [0.2, 0.25) is 5.15 Å². The summed E-state index contributed by atoms with van der Waals surface area (Å²) in [6, 6.07) is 4.47. The molecule has 0 atom stereocenters. The van der Waals surface area contributed by atoms with Crippen LogP contribution < -0.4 is 10.1 Å². The highest BCUT2D eigenvalue weighted by Gasteiger charge is 2.13. The first-order valence-corrected chi connectivity index (χ1v) is 6.64. The molecule has 2 aromatic rings. The van der Waals surface area contributed by atoms with E-state index in [2.05, 4.69) is 10.4 Å². The lowest BCUT2D eigenvalue weighted by Gasteiger charge is -2.11. The topological polar surface area (TPSA) is 39.1 Å². The first-order chi connectivity index (χ1) is 9.52. The van der Waals surface area contributed by atoms with Gasteiger partial charge in [-0.1, -0.05) is 11.6 Å². The molecule has 2 rings (SSSR count). The van der Waals surface area contributed by atoms with E-state index in [4.69, 9.17) is 16.3 Å². The number of nitrogens with zero attached hydrogens (tertiary/aromatic N) is 2. The van der Waals surface area contributed by atoms with Crippen LogP contribution in [0.15, 0.2) is 18.2 Å². The maximum absolute atomic E-state index is 13.2. The van der Waals surface area contributed by atoms with Crippen LogP contribution in [-0.4, -0.2) is 16.8 Å². The molecule has 4 nitrogen and oxygen atoms in total. The SMILES string of the molecule is CNCc1cc(F)ccc1OCc1c(C)nn(C)c1Cl. The third kappa shape index (κ3) is 3.11. The van der Waals surface area contributed by atoms with Gasteiger partial charge in [0.15, 0.2) is 0 Å². The van der Waals surface area contributed by atoms with Gasteiger partial charge in [0, 0.05) is 24.7 Å². The van der Waals surface area contributed by atoms with E-state index in [-0.39, 0.29) is 5.82 Å². The van der Waals surface area contributed by atoms with Crippen molar-refractivity contribution in [3.63, 3.8) is 0 Å². The zero-order valence-electron chi connectivity index (χ0n) is 11.7. The lowest BCUT2D eigenvalue weighted by Crippen LogP contribution is -2.08. The zero-order valence-corrected chi connectivity index (χ0v) is 12.5. The highest BCUT2D eigenvalue weighted by molar-refractivity contribution is 6.30. The van der Waals surface area contributed by atoms with Crippen molar-refractivity contribution in [2.75, 3.05) is 7.05 Å². The molecular formula is C14H17ClFN3O. The molecule has 0 saturated carbocycles. The normalized spacial score (nSPS) is 10.8. The molecule has 108 valence electrons. The summed E-state index contributed by atoms with van der Waals surface area (Å²) in [6.07, 6.45) is 0. The fourth-order valence-electron chi connectivity index (χ4n) is 2.01. The number of aromatic nitrogens is 2. The molecule has 6 heteroatoms. The molecule has 0 aliphatic heterocycles. The Hall–Kier alpha value is -1.59. The predicted molar refractivity (Wildman–Crippen MR) is 76.5 cm³/mol. The van der Waals surface area contributed by atoms with E-state index in [9.17, 15) is 4.39 Å². The van der Waals surface area contributed by atoms with Gasteiger partial charge >= 0.3 is 0 Å². The molecule has 0 spiro atoms. The Kier molecular flexibility index (Phi) is 4.62. The van der Waals surface area contributed by atoms with Crippen LogP contribution in [0.25, 0.3) is 0 Å². The Balaban J connectivity index is 2.18. The number of aryl methyl sites for hydroxylation is 2. The van der Waals surface area contributed by atoms with Crippen LogP contribution >= 0.6 is 11.6 Å². The van der Waals surface area contributed by atoms with E-state index in [1.54, 1.807) is 24.8 Å². The molecule has 20 heavy (non-hydrogen) atoms. The molecular weight excluding hydrogens is 281 g/mol. The highest BCUT2D eigenvalue weighted by Crippen LogP contribution is 2.24. The quantitative estimate of drug-likeness (QED) is 0.922. The minimum absolute atomic E-state index is 0.279. The molecule has 0 radical (unpaired) electrons. The van der Waals surface area contributed by atoms with E-state index in [1.165, 1.54) is 12.1 Å².